The average Bonchev–Trinajstić information content (AvgIpc) is 3.15. The molecular weight excluding hydrogens is 400 g/mol. The van der Waals surface area contributed by atoms with Crippen LogP contribution in [0.3, 0.4) is 0 Å². The number of carbonyl (C=O) groups excluding carboxylic acids is 1. The number of nitrogens with zero attached hydrogens (tertiary/aromatic N) is 2. The predicted molar refractivity (Wildman–Crippen MR) is 122 cm³/mol. The van der Waals surface area contributed by atoms with Gasteiger partial charge in [0.25, 0.3) is 0 Å². The van der Waals surface area contributed by atoms with Gasteiger partial charge in [0.05, 0.1) is 24.4 Å². The first-order chi connectivity index (χ1) is 14.5. The maximum atomic E-state index is 12.0. The molecule has 1 aliphatic rings. The van der Waals surface area contributed by atoms with Gasteiger partial charge in [-0.15, -0.1) is 11.3 Å². The highest BCUT2D eigenvalue weighted by Gasteiger charge is 2.20. The summed E-state index contributed by atoms with van der Waals surface area (Å²) in [7, 11) is 1.76. The number of aliphatic imine (C=N–C) groups is 1. The number of unbranched alkanes of at least 4 members (excludes halogenated alkanes) is 2. The number of aryl methyl sites for hydroxylation is 1. The van der Waals surface area contributed by atoms with Crippen LogP contribution in [-0.4, -0.2) is 49.8 Å². The van der Waals surface area contributed by atoms with E-state index in [0.717, 1.165) is 43.4 Å². The summed E-state index contributed by atoms with van der Waals surface area (Å²) in [6, 6.07) is -0.0491. The van der Waals surface area contributed by atoms with Crippen LogP contribution in [0.4, 0.5) is 0 Å². The van der Waals surface area contributed by atoms with Crippen LogP contribution in [0.2, 0.25) is 0 Å². The smallest absolute Gasteiger partial charge is 0.350 e. The summed E-state index contributed by atoms with van der Waals surface area (Å²) >= 11 is 1.37. The number of aromatic nitrogens is 1. The monoisotopic (exact) mass is 438 g/mol. The first-order valence-electron chi connectivity index (χ1n) is 11.3. The van der Waals surface area contributed by atoms with Crippen LogP contribution in [0.5, 0.6) is 0 Å². The van der Waals surface area contributed by atoms with E-state index >= 15 is 0 Å². The summed E-state index contributed by atoms with van der Waals surface area (Å²) in [4.78, 5) is 21.4. The number of rotatable bonds is 11. The second-order valence-electron chi connectivity index (χ2n) is 7.74. The molecule has 0 amide bonds. The molecule has 8 heteroatoms. The van der Waals surface area contributed by atoms with Gasteiger partial charge in [-0.3, -0.25) is 4.99 Å². The van der Waals surface area contributed by atoms with Crippen LogP contribution >= 0.6 is 11.3 Å². The molecule has 0 aromatic carbocycles. The van der Waals surface area contributed by atoms with E-state index in [4.69, 9.17) is 9.47 Å². The van der Waals surface area contributed by atoms with Crippen molar-refractivity contribution < 1.29 is 14.3 Å². The number of carbonyl (C=O) groups is 1. The summed E-state index contributed by atoms with van der Waals surface area (Å²) in [6.45, 7) is 7.76. The Kier molecular flexibility index (Phi) is 11.1. The van der Waals surface area contributed by atoms with Crippen molar-refractivity contribution >= 4 is 23.3 Å². The Labute approximate surface area is 185 Å². The molecule has 7 nitrogen and oxygen atoms in total. The summed E-state index contributed by atoms with van der Waals surface area (Å²) in [5, 5.41) is 7.55. The molecule has 30 heavy (non-hydrogen) atoms. The highest BCUT2D eigenvalue weighted by atomic mass is 32.1. The molecular formula is C22H38N4O3S. The second kappa shape index (κ2) is 13.6. The largest absolute Gasteiger partial charge is 0.462 e. The van der Waals surface area contributed by atoms with E-state index in [0.29, 0.717) is 23.3 Å². The van der Waals surface area contributed by atoms with Crippen molar-refractivity contribution in [3.8, 4) is 0 Å². The molecule has 0 aliphatic heterocycles. The summed E-state index contributed by atoms with van der Waals surface area (Å²) in [6.07, 6.45) is 10.3. The van der Waals surface area contributed by atoms with E-state index in [1.165, 1.54) is 43.4 Å². The Morgan fingerprint density at radius 1 is 1.27 bits per heavy atom. The van der Waals surface area contributed by atoms with Crippen LogP contribution in [-0.2, 0) is 9.47 Å². The van der Waals surface area contributed by atoms with Gasteiger partial charge in [-0.2, -0.15) is 0 Å². The van der Waals surface area contributed by atoms with Crippen molar-refractivity contribution in [2.45, 2.75) is 84.3 Å². The van der Waals surface area contributed by atoms with E-state index in [1.54, 1.807) is 14.0 Å². The minimum atomic E-state index is -0.305. The molecule has 1 aromatic heterocycles. The molecule has 0 saturated heterocycles. The summed E-state index contributed by atoms with van der Waals surface area (Å²) in [5.41, 5.74) is 0.709. The minimum Gasteiger partial charge on any atom is -0.462 e. The number of nitrogens with one attached hydrogen (secondary N) is 2. The Hall–Kier alpha value is -1.67. The number of ether oxygens (including phenoxy) is 2. The third kappa shape index (κ3) is 8.22. The second-order valence-corrected chi connectivity index (χ2v) is 8.77. The Bertz CT molecular complexity index is 671. The van der Waals surface area contributed by atoms with Crippen LogP contribution in [0.15, 0.2) is 4.99 Å². The minimum absolute atomic E-state index is 0.0491. The van der Waals surface area contributed by atoms with E-state index in [9.17, 15) is 4.79 Å². The Morgan fingerprint density at radius 3 is 2.73 bits per heavy atom. The Morgan fingerprint density at radius 2 is 2.03 bits per heavy atom. The third-order valence-corrected chi connectivity index (χ3v) is 6.56. The zero-order chi connectivity index (χ0) is 21.8. The quantitative estimate of drug-likeness (QED) is 0.231. The molecule has 2 rings (SSSR count). The van der Waals surface area contributed by atoms with Gasteiger partial charge in [0.1, 0.15) is 9.88 Å². The van der Waals surface area contributed by atoms with Crippen LogP contribution < -0.4 is 10.6 Å². The third-order valence-electron chi connectivity index (χ3n) is 5.24. The Balaban J connectivity index is 1.65. The number of thiazole rings is 1. The number of hydrogen-bond donors (Lipinski definition) is 2. The molecule has 1 heterocycles. The molecule has 0 radical (unpaired) electrons. The lowest BCUT2D eigenvalue weighted by molar-refractivity contribution is 0.0264. The van der Waals surface area contributed by atoms with Crippen LogP contribution in [0.25, 0.3) is 0 Å². The van der Waals surface area contributed by atoms with Gasteiger partial charge in [-0.25, -0.2) is 9.78 Å². The topological polar surface area (TPSA) is 84.8 Å². The van der Waals surface area contributed by atoms with Crippen molar-refractivity contribution in [3.63, 3.8) is 0 Å². The van der Waals surface area contributed by atoms with E-state index in [-0.39, 0.29) is 12.0 Å². The molecule has 1 atom stereocenters. The van der Waals surface area contributed by atoms with Crippen molar-refractivity contribution in [3.05, 3.63) is 15.6 Å². The van der Waals surface area contributed by atoms with Gasteiger partial charge >= 0.3 is 5.97 Å². The zero-order valence-electron chi connectivity index (χ0n) is 19.0. The first-order valence-corrected chi connectivity index (χ1v) is 12.1. The van der Waals surface area contributed by atoms with Crippen molar-refractivity contribution in [1.29, 1.82) is 0 Å². The van der Waals surface area contributed by atoms with Crippen molar-refractivity contribution in [2.75, 3.05) is 26.8 Å². The van der Waals surface area contributed by atoms with Gasteiger partial charge in [0.2, 0.25) is 0 Å². The van der Waals surface area contributed by atoms with Crippen LogP contribution in [0, 0.1) is 6.92 Å². The fourth-order valence-corrected chi connectivity index (χ4v) is 4.51. The normalized spacial score (nSPS) is 16.3. The molecule has 1 aromatic rings. The lowest BCUT2D eigenvalue weighted by Crippen LogP contribution is -2.39. The molecule has 0 bridgehead atoms. The fourth-order valence-electron chi connectivity index (χ4n) is 3.54. The first kappa shape index (κ1) is 24.6. The highest BCUT2D eigenvalue weighted by molar-refractivity contribution is 7.13. The van der Waals surface area contributed by atoms with E-state index in [1.807, 2.05) is 13.8 Å². The summed E-state index contributed by atoms with van der Waals surface area (Å²) < 4.78 is 11.1. The SMILES string of the molecule is CCOC(=O)c1sc(C(C)NC(=NC)NCCCCCOC2CCCCC2)nc1C. The predicted octanol–water partition coefficient (Wildman–Crippen LogP) is 4.37. The van der Waals surface area contributed by atoms with E-state index < -0.39 is 0 Å². The van der Waals surface area contributed by atoms with Gasteiger partial charge in [0, 0.05) is 20.2 Å². The molecule has 1 saturated carbocycles. The number of hydrogen-bond acceptors (Lipinski definition) is 6. The van der Waals surface area contributed by atoms with Gasteiger partial charge < -0.3 is 20.1 Å². The van der Waals surface area contributed by atoms with E-state index in [2.05, 4.69) is 20.6 Å². The molecule has 0 spiro atoms. The van der Waals surface area contributed by atoms with Crippen molar-refractivity contribution in [2.24, 2.45) is 4.99 Å². The molecule has 1 aliphatic carbocycles. The van der Waals surface area contributed by atoms with Crippen molar-refractivity contribution in [1.82, 2.24) is 15.6 Å². The lowest BCUT2D eigenvalue weighted by atomic mass is 9.98. The molecule has 1 unspecified atom stereocenters. The lowest BCUT2D eigenvalue weighted by Gasteiger charge is -2.21. The number of esters is 1. The molecule has 1 fully saturated rings. The zero-order valence-corrected chi connectivity index (χ0v) is 19.8. The molecule has 170 valence electrons. The maximum Gasteiger partial charge on any atom is 0.350 e. The maximum absolute atomic E-state index is 12.0. The molecule has 2 N–H and O–H groups in total. The van der Waals surface area contributed by atoms with Gasteiger partial charge in [-0.1, -0.05) is 19.3 Å². The standard InChI is InChI=1S/C22H38N4O3S/c1-5-28-21(27)19-16(2)25-20(30-19)17(3)26-22(23-4)24-14-10-7-11-15-29-18-12-8-6-9-13-18/h17-18H,5-15H2,1-4H3,(H2,23,24,26). The summed E-state index contributed by atoms with van der Waals surface area (Å²) in [5.74, 6) is 0.437. The van der Waals surface area contributed by atoms with Gasteiger partial charge in [0.15, 0.2) is 5.96 Å². The van der Waals surface area contributed by atoms with Crippen LogP contribution in [0.1, 0.15) is 91.6 Å². The average molecular weight is 439 g/mol. The fraction of sp³-hybridized carbons (Fsp3) is 0.773. The highest BCUT2D eigenvalue weighted by Crippen LogP contribution is 2.24. The number of guanidine groups is 1. The van der Waals surface area contributed by atoms with Gasteiger partial charge in [-0.05, 0) is 52.9 Å².